The topological polar surface area (TPSA) is 87.6 Å². The highest BCUT2D eigenvalue weighted by Crippen LogP contribution is 2.26. The average molecular weight is 286 g/mol. The highest BCUT2D eigenvalue weighted by Gasteiger charge is 2.08. The second kappa shape index (κ2) is 6.65. The van der Waals surface area contributed by atoms with Gasteiger partial charge in [0.25, 0.3) is 5.91 Å². The summed E-state index contributed by atoms with van der Waals surface area (Å²) in [6, 6.07) is 12.1. The highest BCUT2D eigenvalue weighted by molar-refractivity contribution is 5.98. The van der Waals surface area contributed by atoms with Gasteiger partial charge in [-0.05, 0) is 48.9 Å². The van der Waals surface area contributed by atoms with Crippen LogP contribution in [0.4, 0.5) is 5.69 Å². The summed E-state index contributed by atoms with van der Waals surface area (Å²) >= 11 is 0. The maximum Gasteiger partial charge on any atom is 0.250 e. The zero-order valence-electron chi connectivity index (χ0n) is 11.8. The first-order valence-electron chi connectivity index (χ1n) is 6.70. The van der Waals surface area contributed by atoms with Crippen molar-refractivity contribution in [3.63, 3.8) is 0 Å². The molecule has 0 fully saturated rings. The number of hydrogen-bond acceptors (Lipinski definition) is 4. The second-order valence-corrected chi connectivity index (χ2v) is 4.54. The first-order valence-corrected chi connectivity index (χ1v) is 6.70. The van der Waals surface area contributed by atoms with Gasteiger partial charge in [-0.25, -0.2) is 0 Å². The van der Waals surface area contributed by atoms with Gasteiger partial charge in [0.15, 0.2) is 0 Å². The van der Waals surface area contributed by atoms with Crippen molar-refractivity contribution in [2.24, 2.45) is 5.73 Å². The van der Waals surface area contributed by atoms with E-state index in [1.165, 1.54) is 6.07 Å². The van der Waals surface area contributed by atoms with Crippen LogP contribution in [0.15, 0.2) is 42.5 Å². The van der Waals surface area contributed by atoms with Crippen LogP contribution < -0.4 is 20.9 Å². The van der Waals surface area contributed by atoms with E-state index in [0.717, 1.165) is 12.2 Å². The molecule has 5 nitrogen and oxygen atoms in total. The van der Waals surface area contributed by atoms with Gasteiger partial charge in [0.2, 0.25) is 0 Å². The minimum atomic E-state index is -0.582. The molecule has 0 saturated heterocycles. The number of rotatable bonds is 6. The molecule has 0 atom stereocenters. The van der Waals surface area contributed by atoms with Gasteiger partial charge in [0.05, 0.1) is 12.2 Å². The fourth-order valence-corrected chi connectivity index (χ4v) is 1.77. The van der Waals surface area contributed by atoms with Gasteiger partial charge in [0, 0.05) is 5.69 Å². The standard InChI is InChI=1S/C16H18N2O3/c1-2-9-20-11-3-5-12(6-4-11)21-13-7-8-15(17)14(10-13)16(18)19/h3-8,10H,2,9,17H2,1H3,(H2,18,19). The lowest BCUT2D eigenvalue weighted by molar-refractivity contribution is 0.100. The number of carbonyl (C=O) groups is 1. The number of nitrogens with two attached hydrogens (primary N) is 2. The molecular formula is C16H18N2O3. The summed E-state index contributed by atoms with van der Waals surface area (Å²) in [6.07, 6.45) is 0.958. The summed E-state index contributed by atoms with van der Waals surface area (Å²) in [6.45, 7) is 2.73. The van der Waals surface area contributed by atoms with Gasteiger partial charge in [-0.15, -0.1) is 0 Å². The Balaban J connectivity index is 2.11. The molecule has 0 radical (unpaired) electrons. The molecule has 1 amide bonds. The molecule has 0 unspecified atom stereocenters. The van der Waals surface area contributed by atoms with Crippen LogP contribution in [0.1, 0.15) is 23.7 Å². The first kappa shape index (κ1) is 14.7. The van der Waals surface area contributed by atoms with Crippen LogP contribution in [-0.4, -0.2) is 12.5 Å². The normalized spacial score (nSPS) is 10.1. The van der Waals surface area contributed by atoms with Gasteiger partial charge in [-0.1, -0.05) is 6.92 Å². The van der Waals surface area contributed by atoms with E-state index in [0.29, 0.717) is 23.8 Å². The SMILES string of the molecule is CCCOc1ccc(Oc2ccc(N)c(C(N)=O)c2)cc1. The van der Waals surface area contributed by atoms with E-state index >= 15 is 0 Å². The molecule has 110 valence electrons. The van der Waals surface area contributed by atoms with Crippen LogP contribution in [-0.2, 0) is 0 Å². The Morgan fingerprint density at radius 1 is 1.05 bits per heavy atom. The fraction of sp³-hybridized carbons (Fsp3) is 0.188. The maximum absolute atomic E-state index is 11.2. The first-order chi connectivity index (χ1) is 10.1. The van der Waals surface area contributed by atoms with Crippen LogP contribution in [0.3, 0.4) is 0 Å². The predicted octanol–water partition coefficient (Wildman–Crippen LogP) is 2.95. The van der Waals surface area contributed by atoms with Gasteiger partial charge < -0.3 is 20.9 Å². The Kier molecular flexibility index (Phi) is 4.66. The van der Waals surface area contributed by atoms with Gasteiger partial charge in [-0.2, -0.15) is 0 Å². The highest BCUT2D eigenvalue weighted by atomic mass is 16.5. The molecule has 4 N–H and O–H groups in total. The van der Waals surface area contributed by atoms with Crippen molar-refractivity contribution in [2.45, 2.75) is 13.3 Å². The summed E-state index contributed by atoms with van der Waals surface area (Å²) in [5, 5.41) is 0. The molecule has 2 aromatic carbocycles. The molecule has 0 aliphatic heterocycles. The molecule has 0 aromatic heterocycles. The fourth-order valence-electron chi connectivity index (χ4n) is 1.77. The van der Waals surface area contributed by atoms with E-state index in [-0.39, 0.29) is 5.56 Å². The number of hydrogen-bond donors (Lipinski definition) is 2. The van der Waals surface area contributed by atoms with Crippen molar-refractivity contribution in [3.05, 3.63) is 48.0 Å². The third-order valence-electron chi connectivity index (χ3n) is 2.82. The van der Waals surface area contributed by atoms with Crippen molar-refractivity contribution in [1.29, 1.82) is 0 Å². The van der Waals surface area contributed by atoms with Crippen LogP contribution in [0.5, 0.6) is 17.2 Å². The minimum absolute atomic E-state index is 0.246. The largest absolute Gasteiger partial charge is 0.494 e. The van der Waals surface area contributed by atoms with Gasteiger partial charge in [-0.3, -0.25) is 4.79 Å². The lowest BCUT2D eigenvalue weighted by atomic mass is 10.1. The number of nitrogen functional groups attached to an aromatic ring is 1. The molecule has 0 spiro atoms. The van der Waals surface area contributed by atoms with Crippen molar-refractivity contribution >= 4 is 11.6 Å². The zero-order chi connectivity index (χ0) is 15.2. The number of ether oxygens (including phenoxy) is 2. The van der Waals surface area contributed by atoms with Crippen LogP contribution >= 0.6 is 0 Å². The number of benzene rings is 2. The minimum Gasteiger partial charge on any atom is -0.494 e. The van der Waals surface area contributed by atoms with Crippen LogP contribution in [0.2, 0.25) is 0 Å². The third-order valence-corrected chi connectivity index (χ3v) is 2.82. The number of amides is 1. The molecule has 0 saturated carbocycles. The molecule has 0 bridgehead atoms. The van der Waals surface area contributed by atoms with Crippen LogP contribution in [0.25, 0.3) is 0 Å². The molecule has 21 heavy (non-hydrogen) atoms. The quantitative estimate of drug-likeness (QED) is 0.799. The summed E-state index contributed by atoms with van der Waals surface area (Å²) in [5.74, 6) is 1.35. The smallest absolute Gasteiger partial charge is 0.250 e. The number of anilines is 1. The Morgan fingerprint density at radius 3 is 2.29 bits per heavy atom. The molecule has 2 aromatic rings. The van der Waals surface area contributed by atoms with Crippen molar-refractivity contribution in [3.8, 4) is 17.2 Å². The number of carbonyl (C=O) groups excluding carboxylic acids is 1. The molecule has 2 rings (SSSR count). The molecular weight excluding hydrogens is 268 g/mol. The Bertz CT molecular complexity index is 624. The monoisotopic (exact) mass is 286 g/mol. The third kappa shape index (κ3) is 3.89. The van der Waals surface area contributed by atoms with Crippen molar-refractivity contribution < 1.29 is 14.3 Å². The average Bonchev–Trinajstić information content (AvgIpc) is 2.48. The zero-order valence-corrected chi connectivity index (χ0v) is 11.8. The molecule has 0 aliphatic rings. The molecule has 0 heterocycles. The predicted molar refractivity (Wildman–Crippen MR) is 81.7 cm³/mol. The van der Waals surface area contributed by atoms with Crippen molar-refractivity contribution in [2.75, 3.05) is 12.3 Å². The molecule has 0 aliphatic carbocycles. The Hall–Kier alpha value is -2.69. The maximum atomic E-state index is 11.2. The van der Waals surface area contributed by atoms with Gasteiger partial charge in [0.1, 0.15) is 17.2 Å². The Labute approximate surface area is 123 Å². The summed E-state index contributed by atoms with van der Waals surface area (Å²) in [4.78, 5) is 11.2. The summed E-state index contributed by atoms with van der Waals surface area (Å²) < 4.78 is 11.2. The van der Waals surface area contributed by atoms with Crippen LogP contribution in [0, 0.1) is 0 Å². The lowest BCUT2D eigenvalue weighted by Gasteiger charge is -2.09. The van der Waals surface area contributed by atoms with E-state index in [1.807, 2.05) is 12.1 Å². The van der Waals surface area contributed by atoms with E-state index < -0.39 is 5.91 Å². The number of primary amides is 1. The molecule has 5 heteroatoms. The van der Waals surface area contributed by atoms with Gasteiger partial charge >= 0.3 is 0 Å². The summed E-state index contributed by atoms with van der Waals surface area (Å²) in [5.41, 5.74) is 11.5. The van der Waals surface area contributed by atoms with E-state index in [2.05, 4.69) is 6.92 Å². The van der Waals surface area contributed by atoms with E-state index in [4.69, 9.17) is 20.9 Å². The summed E-state index contributed by atoms with van der Waals surface area (Å²) in [7, 11) is 0. The van der Waals surface area contributed by atoms with E-state index in [1.54, 1.807) is 24.3 Å². The Morgan fingerprint density at radius 2 is 1.67 bits per heavy atom. The second-order valence-electron chi connectivity index (χ2n) is 4.54. The van der Waals surface area contributed by atoms with Crippen molar-refractivity contribution in [1.82, 2.24) is 0 Å². The lowest BCUT2D eigenvalue weighted by Crippen LogP contribution is -2.13. The van der Waals surface area contributed by atoms with E-state index in [9.17, 15) is 4.79 Å².